The second-order valence-corrected chi connectivity index (χ2v) is 6.15. The summed E-state index contributed by atoms with van der Waals surface area (Å²) < 4.78 is 5.63. The van der Waals surface area contributed by atoms with E-state index in [2.05, 4.69) is 15.6 Å². The smallest absolute Gasteiger partial charge is 0.265 e. The van der Waals surface area contributed by atoms with Gasteiger partial charge in [-0.05, 0) is 42.8 Å². The van der Waals surface area contributed by atoms with Gasteiger partial charge in [0.15, 0.2) is 6.10 Å². The molecular formula is C22H21N3O3. The quantitative estimate of drug-likeness (QED) is 0.663. The number of ether oxygens (including phenoxy) is 1. The molecule has 6 nitrogen and oxygen atoms in total. The molecule has 0 radical (unpaired) electrons. The van der Waals surface area contributed by atoms with Gasteiger partial charge in [0.1, 0.15) is 5.75 Å². The fourth-order valence-corrected chi connectivity index (χ4v) is 2.56. The van der Waals surface area contributed by atoms with Crippen LogP contribution in [0.4, 0.5) is 5.69 Å². The van der Waals surface area contributed by atoms with Crippen molar-refractivity contribution in [1.29, 1.82) is 0 Å². The highest BCUT2D eigenvalue weighted by Crippen LogP contribution is 2.17. The van der Waals surface area contributed by atoms with Crippen LogP contribution >= 0.6 is 0 Å². The van der Waals surface area contributed by atoms with Crippen molar-refractivity contribution >= 4 is 17.5 Å². The highest BCUT2D eigenvalue weighted by molar-refractivity contribution is 6.04. The number of hydrogen-bond acceptors (Lipinski definition) is 4. The van der Waals surface area contributed by atoms with Gasteiger partial charge in [-0.15, -0.1) is 0 Å². The maximum absolute atomic E-state index is 12.6. The zero-order valence-electron chi connectivity index (χ0n) is 15.5. The number of aromatic nitrogens is 1. The van der Waals surface area contributed by atoms with Crippen molar-refractivity contribution in [3.8, 4) is 5.75 Å². The van der Waals surface area contributed by atoms with Crippen molar-refractivity contribution < 1.29 is 14.3 Å². The van der Waals surface area contributed by atoms with Crippen molar-refractivity contribution in [2.24, 2.45) is 0 Å². The molecule has 0 saturated heterocycles. The summed E-state index contributed by atoms with van der Waals surface area (Å²) in [6.07, 6.45) is 2.65. The van der Waals surface area contributed by atoms with Crippen molar-refractivity contribution in [1.82, 2.24) is 10.3 Å². The Hall–Kier alpha value is -3.67. The first-order valence-corrected chi connectivity index (χ1v) is 8.92. The molecule has 0 aliphatic carbocycles. The average Bonchev–Trinajstić information content (AvgIpc) is 2.74. The Bertz CT molecular complexity index is 930. The molecular weight excluding hydrogens is 354 g/mol. The van der Waals surface area contributed by atoms with Crippen LogP contribution in [0, 0.1) is 0 Å². The fraction of sp³-hybridized carbons (Fsp3) is 0.136. The Labute approximate surface area is 163 Å². The summed E-state index contributed by atoms with van der Waals surface area (Å²) in [5, 5.41) is 5.61. The molecule has 2 N–H and O–H groups in total. The Morgan fingerprint density at radius 1 is 1.00 bits per heavy atom. The van der Waals surface area contributed by atoms with E-state index < -0.39 is 6.10 Å². The van der Waals surface area contributed by atoms with Crippen molar-refractivity contribution in [2.75, 3.05) is 5.32 Å². The summed E-state index contributed by atoms with van der Waals surface area (Å²) in [5.74, 6) is -0.0135. The van der Waals surface area contributed by atoms with E-state index in [1.807, 2.05) is 30.3 Å². The summed E-state index contributed by atoms with van der Waals surface area (Å²) in [7, 11) is 0. The van der Waals surface area contributed by atoms with Crippen molar-refractivity contribution in [2.45, 2.75) is 19.6 Å². The minimum Gasteiger partial charge on any atom is -0.481 e. The topological polar surface area (TPSA) is 80.3 Å². The van der Waals surface area contributed by atoms with Crippen LogP contribution in [-0.2, 0) is 11.3 Å². The van der Waals surface area contributed by atoms with E-state index in [-0.39, 0.29) is 11.8 Å². The largest absolute Gasteiger partial charge is 0.481 e. The SMILES string of the molecule is C[C@@H](Oc1ccccc1)C(=O)Nc1ccccc1C(=O)NCc1cccnc1. The normalized spacial score (nSPS) is 11.3. The second kappa shape index (κ2) is 9.32. The van der Waals surface area contributed by atoms with E-state index in [1.165, 1.54) is 0 Å². The molecule has 3 aromatic rings. The zero-order chi connectivity index (χ0) is 19.8. The van der Waals surface area contributed by atoms with Gasteiger partial charge in [-0.2, -0.15) is 0 Å². The maximum atomic E-state index is 12.6. The summed E-state index contributed by atoms with van der Waals surface area (Å²) in [5.41, 5.74) is 1.70. The lowest BCUT2D eigenvalue weighted by atomic mass is 10.1. The Morgan fingerprint density at radius 2 is 1.75 bits per heavy atom. The summed E-state index contributed by atoms with van der Waals surface area (Å²) in [4.78, 5) is 29.1. The molecule has 0 saturated carbocycles. The molecule has 2 amide bonds. The Kier molecular flexibility index (Phi) is 6.36. The predicted molar refractivity (Wildman–Crippen MR) is 107 cm³/mol. The van der Waals surface area contributed by atoms with Crippen LogP contribution in [0.15, 0.2) is 79.1 Å². The molecule has 0 spiro atoms. The molecule has 0 fully saturated rings. The zero-order valence-corrected chi connectivity index (χ0v) is 15.5. The first-order valence-electron chi connectivity index (χ1n) is 8.92. The highest BCUT2D eigenvalue weighted by Gasteiger charge is 2.18. The lowest BCUT2D eigenvalue weighted by Gasteiger charge is -2.16. The van der Waals surface area contributed by atoms with Gasteiger partial charge >= 0.3 is 0 Å². The number of para-hydroxylation sites is 2. The molecule has 0 bridgehead atoms. The summed E-state index contributed by atoms with van der Waals surface area (Å²) >= 11 is 0. The fourth-order valence-electron chi connectivity index (χ4n) is 2.56. The van der Waals surface area contributed by atoms with Crippen LogP contribution in [0.1, 0.15) is 22.8 Å². The molecule has 1 atom stereocenters. The van der Waals surface area contributed by atoms with Gasteiger partial charge in [-0.1, -0.05) is 36.4 Å². The molecule has 0 aliphatic heterocycles. The van der Waals surface area contributed by atoms with Gasteiger partial charge in [0.05, 0.1) is 11.3 Å². The number of benzene rings is 2. The molecule has 1 aromatic heterocycles. The van der Waals surface area contributed by atoms with Crippen LogP contribution in [0.2, 0.25) is 0 Å². The first-order chi connectivity index (χ1) is 13.6. The van der Waals surface area contributed by atoms with E-state index in [9.17, 15) is 9.59 Å². The van der Waals surface area contributed by atoms with Crippen molar-refractivity contribution in [3.05, 3.63) is 90.3 Å². The number of pyridine rings is 1. The van der Waals surface area contributed by atoms with Crippen LogP contribution < -0.4 is 15.4 Å². The van der Waals surface area contributed by atoms with Gasteiger partial charge < -0.3 is 15.4 Å². The molecule has 0 aliphatic rings. The monoisotopic (exact) mass is 375 g/mol. The molecule has 0 unspecified atom stereocenters. The van der Waals surface area contributed by atoms with Gasteiger partial charge in [0, 0.05) is 18.9 Å². The number of amides is 2. The van der Waals surface area contributed by atoms with Gasteiger partial charge in [-0.25, -0.2) is 0 Å². The second-order valence-electron chi connectivity index (χ2n) is 6.15. The maximum Gasteiger partial charge on any atom is 0.265 e. The number of carbonyl (C=O) groups excluding carboxylic acids is 2. The molecule has 1 heterocycles. The van der Waals surface area contributed by atoms with Gasteiger partial charge in [-0.3, -0.25) is 14.6 Å². The third-order valence-corrected chi connectivity index (χ3v) is 4.03. The van der Waals surface area contributed by atoms with Gasteiger partial charge in [0.25, 0.3) is 11.8 Å². The number of anilines is 1. The standard InChI is InChI=1S/C22H21N3O3/c1-16(28-18-9-3-2-4-10-18)21(26)25-20-12-6-5-11-19(20)22(27)24-15-17-8-7-13-23-14-17/h2-14,16H,15H2,1H3,(H,24,27)(H,25,26)/t16-/m1/s1. The van der Waals surface area contributed by atoms with E-state index in [0.29, 0.717) is 23.5 Å². The minimum atomic E-state index is -0.714. The number of rotatable bonds is 7. The van der Waals surface area contributed by atoms with Crippen molar-refractivity contribution in [3.63, 3.8) is 0 Å². The van der Waals surface area contributed by atoms with Crippen LogP contribution in [0.3, 0.4) is 0 Å². The van der Waals surface area contributed by atoms with E-state index in [1.54, 1.807) is 55.7 Å². The number of nitrogens with zero attached hydrogens (tertiary/aromatic N) is 1. The number of carbonyl (C=O) groups is 2. The molecule has 142 valence electrons. The molecule has 2 aromatic carbocycles. The van der Waals surface area contributed by atoms with E-state index in [4.69, 9.17) is 4.74 Å². The summed E-state index contributed by atoms with van der Waals surface area (Å²) in [6, 6.07) is 19.7. The average molecular weight is 375 g/mol. The predicted octanol–water partition coefficient (Wildman–Crippen LogP) is 3.42. The molecule has 6 heteroatoms. The highest BCUT2D eigenvalue weighted by atomic mass is 16.5. The third-order valence-electron chi connectivity index (χ3n) is 4.03. The number of nitrogens with one attached hydrogen (secondary N) is 2. The Balaban J connectivity index is 1.64. The Morgan fingerprint density at radius 3 is 2.50 bits per heavy atom. The lowest BCUT2D eigenvalue weighted by Crippen LogP contribution is -2.31. The molecule has 3 rings (SSSR count). The van der Waals surface area contributed by atoms with Gasteiger partial charge in [0.2, 0.25) is 0 Å². The van der Waals surface area contributed by atoms with Crippen LogP contribution in [0.25, 0.3) is 0 Å². The lowest BCUT2D eigenvalue weighted by molar-refractivity contribution is -0.122. The van der Waals surface area contributed by atoms with Crippen LogP contribution in [0.5, 0.6) is 5.75 Å². The van der Waals surface area contributed by atoms with E-state index >= 15 is 0 Å². The first kappa shape index (κ1) is 19.1. The summed E-state index contributed by atoms with van der Waals surface area (Å²) in [6.45, 7) is 2.01. The third kappa shape index (κ3) is 5.17. The minimum absolute atomic E-state index is 0.281. The number of hydrogen-bond donors (Lipinski definition) is 2. The molecule has 28 heavy (non-hydrogen) atoms. The van der Waals surface area contributed by atoms with E-state index in [0.717, 1.165) is 5.56 Å². The van der Waals surface area contributed by atoms with Crippen LogP contribution in [-0.4, -0.2) is 22.9 Å².